The van der Waals surface area contributed by atoms with Crippen molar-refractivity contribution in [3.63, 3.8) is 0 Å². The molecule has 0 atom stereocenters. The molecule has 0 amide bonds. The number of carboxylic acid groups (broad SMARTS) is 1. The molecule has 0 aliphatic carbocycles. The summed E-state index contributed by atoms with van der Waals surface area (Å²) in [6, 6.07) is 8.49. The number of rotatable bonds is 6. The number of carboxylic acids is 1. The highest BCUT2D eigenvalue weighted by molar-refractivity contribution is 6.31. The fourth-order valence-corrected chi connectivity index (χ4v) is 1.98. The highest BCUT2D eigenvalue weighted by atomic mass is 35.5. The summed E-state index contributed by atoms with van der Waals surface area (Å²) in [7, 11) is 0. The summed E-state index contributed by atoms with van der Waals surface area (Å²) < 4.78 is 5.52. The first-order chi connectivity index (χ1) is 9.66. The van der Waals surface area contributed by atoms with Crippen LogP contribution in [0.15, 0.2) is 42.7 Å². The number of nitrogens with zero attached hydrogens (tertiary/aromatic N) is 1. The number of carbonyl (C=O) groups is 1. The molecule has 20 heavy (non-hydrogen) atoms. The average molecular weight is 292 g/mol. The van der Waals surface area contributed by atoms with Crippen LogP contribution in [-0.4, -0.2) is 22.7 Å². The van der Waals surface area contributed by atoms with E-state index in [0.29, 0.717) is 17.4 Å². The summed E-state index contributed by atoms with van der Waals surface area (Å²) in [4.78, 5) is 15.0. The van der Waals surface area contributed by atoms with Crippen molar-refractivity contribution >= 4 is 17.6 Å². The van der Waals surface area contributed by atoms with E-state index in [-0.39, 0.29) is 5.56 Å². The van der Waals surface area contributed by atoms with Gasteiger partial charge in [0.1, 0.15) is 11.3 Å². The van der Waals surface area contributed by atoms with E-state index < -0.39 is 5.97 Å². The second-order valence-corrected chi connectivity index (χ2v) is 4.69. The molecule has 0 aliphatic rings. The number of pyridine rings is 1. The normalized spacial score (nSPS) is 10.2. The molecule has 2 aromatic rings. The lowest BCUT2D eigenvalue weighted by Crippen LogP contribution is -2.05. The van der Waals surface area contributed by atoms with Crippen LogP contribution < -0.4 is 4.74 Å². The first kappa shape index (κ1) is 14.3. The second kappa shape index (κ2) is 6.91. The predicted molar refractivity (Wildman–Crippen MR) is 76.5 cm³/mol. The Kier molecular flexibility index (Phi) is 4.96. The number of benzene rings is 1. The zero-order valence-corrected chi connectivity index (χ0v) is 11.5. The maximum atomic E-state index is 11.1. The van der Waals surface area contributed by atoms with Crippen LogP contribution in [0, 0.1) is 0 Å². The molecule has 0 saturated carbocycles. The van der Waals surface area contributed by atoms with Crippen molar-refractivity contribution in [2.75, 3.05) is 6.61 Å². The highest BCUT2D eigenvalue weighted by Crippen LogP contribution is 2.23. The van der Waals surface area contributed by atoms with Crippen LogP contribution >= 0.6 is 11.6 Å². The molecule has 1 aromatic carbocycles. The van der Waals surface area contributed by atoms with Gasteiger partial charge >= 0.3 is 5.97 Å². The second-order valence-electron chi connectivity index (χ2n) is 4.25. The van der Waals surface area contributed by atoms with E-state index >= 15 is 0 Å². The topological polar surface area (TPSA) is 59.4 Å². The number of halogens is 1. The van der Waals surface area contributed by atoms with Crippen LogP contribution in [0.1, 0.15) is 22.3 Å². The van der Waals surface area contributed by atoms with E-state index in [0.717, 1.165) is 12.8 Å². The van der Waals surface area contributed by atoms with E-state index in [1.165, 1.54) is 11.6 Å². The first-order valence-electron chi connectivity index (χ1n) is 6.21. The van der Waals surface area contributed by atoms with Gasteiger partial charge in [-0.2, -0.15) is 0 Å². The minimum atomic E-state index is -1.04. The molecule has 0 saturated heterocycles. The number of ether oxygens (including phenoxy) is 1. The molecule has 0 aliphatic heterocycles. The largest absolute Gasteiger partial charge is 0.493 e. The Morgan fingerprint density at radius 1 is 1.25 bits per heavy atom. The van der Waals surface area contributed by atoms with Crippen LogP contribution in [0.4, 0.5) is 0 Å². The summed E-state index contributed by atoms with van der Waals surface area (Å²) in [6.45, 7) is 0.449. The minimum Gasteiger partial charge on any atom is -0.493 e. The van der Waals surface area contributed by atoms with Gasteiger partial charge in [0.25, 0.3) is 0 Å². The van der Waals surface area contributed by atoms with Crippen molar-refractivity contribution in [2.45, 2.75) is 12.8 Å². The zero-order chi connectivity index (χ0) is 14.4. The van der Waals surface area contributed by atoms with E-state index in [1.807, 2.05) is 12.1 Å². The molecule has 1 N–H and O–H groups in total. The Hall–Kier alpha value is -2.07. The van der Waals surface area contributed by atoms with Crippen LogP contribution in [0.5, 0.6) is 5.75 Å². The Labute approximate surface area is 122 Å². The van der Waals surface area contributed by atoms with E-state index in [2.05, 4.69) is 4.98 Å². The van der Waals surface area contributed by atoms with Gasteiger partial charge in [-0.05, 0) is 48.7 Å². The lowest BCUT2D eigenvalue weighted by molar-refractivity contribution is 0.0692. The van der Waals surface area contributed by atoms with Gasteiger partial charge in [-0.3, -0.25) is 4.98 Å². The molecule has 0 unspecified atom stereocenters. The van der Waals surface area contributed by atoms with Gasteiger partial charge < -0.3 is 9.84 Å². The lowest BCUT2D eigenvalue weighted by Gasteiger charge is -2.09. The molecule has 0 radical (unpaired) electrons. The number of hydrogen-bond acceptors (Lipinski definition) is 3. The third kappa shape index (κ3) is 3.96. The summed E-state index contributed by atoms with van der Waals surface area (Å²) in [5, 5.41) is 9.46. The molecule has 0 fully saturated rings. The molecule has 5 heteroatoms. The molecule has 1 heterocycles. The third-order valence-corrected chi connectivity index (χ3v) is 3.02. The van der Waals surface area contributed by atoms with E-state index in [9.17, 15) is 4.79 Å². The molecule has 1 aromatic heterocycles. The zero-order valence-electron chi connectivity index (χ0n) is 10.8. The molecular weight excluding hydrogens is 278 g/mol. The Morgan fingerprint density at radius 2 is 2.00 bits per heavy atom. The summed E-state index contributed by atoms with van der Waals surface area (Å²) in [6.07, 6.45) is 5.15. The van der Waals surface area contributed by atoms with Crippen molar-refractivity contribution in [3.05, 3.63) is 58.9 Å². The summed E-state index contributed by atoms with van der Waals surface area (Å²) in [5.41, 5.74) is 1.26. The average Bonchev–Trinajstić information content (AvgIpc) is 2.45. The number of aromatic carboxylic acids is 1. The maximum absolute atomic E-state index is 11.1. The molecule has 104 valence electrons. The minimum absolute atomic E-state index is 0.0846. The third-order valence-electron chi connectivity index (χ3n) is 2.79. The lowest BCUT2D eigenvalue weighted by atomic mass is 10.1. The van der Waals surface area contributed by atoms with Gasteiger partial charge in [0, 0.05) is 17.4 Å². The standard InChI is InChI=1S/C15H14ClNO3/c16-12-3-4-14(13(10-12)15(18)19)20-9-1-2-11-5-7-17-8-6-11/h3-8,10H,1-2,9H2,(H,18,19). The molecule has 2 rings (SSSR count). The van der Waals surface area contributed by atoms with Crippen molar-refractivity contribution in [2.24, 2.45) is 0 Å². The van der Waals surface area contributed by atoms with Crippen molar-refractivity contribution in [3.8, 4) is 5.75 Å². The number of aromatic nitrogens is 1. The van der Waals surface area contributed by atoms with E-state index in [4.69, 9.17) is 21.4 Å². The molecule has 0 bridgehead atoms. The smallest absolute Gasteiger partial charge is 0.339 e. The predicted octanol–water partition coefficient (Wildman–Crippen LogP) is 3.44. The van der Waals surface area contributed by atoms with Gasteiger partial charge in [0.05, 0.1) is 6.61 Å². The first-order valence-corrected chi connectivity index (χ1v) is 6.59. The van der Waals surface area contributed by atoms with Crippen LogP contribution in [0.25, 0.3) is 0 Å². The van der Waals surface area contributed by atoms with Crippen LogP contribution in [0.3, 0.4) is 0 Å². The van der Waals surface area contributed by atoms with Gasteiger partial charge in [-0.25, -0.2) is 4.79 Å². The fourth-order valence-electron chi connectivity index (χ4n) is 1.80. The maximum Gasteiger partial charge on any atom is 0.339 e. The van der Waals surface area contributed by atoms with Crippen molar-refractivity contribution in [1.82, 2.24) is 4.98 Å². The van der Waals surface area contributed by atoms with Crippen LogP contribution in [-0.2, 0) is 6.42 Å². The number of hydrogen-bond donors (Lipinski definition) is 1. The van der Waals surface area contributed by atoms with Gasteiger partial charge in [0.2, 0.25) is 0 Å². The van der Waals surface area contributed by atoms with Crippen molar-refractivity contribution < 1.29 is 14.6 Å². The molecular formula is C15H14ClNO3. The fraction of sp³-hybridized carbons (Fsp3) is 0.200. The summed E-state index contributed by atoms with van der Waals surface area (Å²) in [5.74, 6) is -0.701. The number of aryl methyl sites for hydroxylation is 1. The Balaban J connectivity index is 1.90. The monoisotopic (exact) mass is 291 g/mol. The molecule has 0 spiro atoms. The van der Waals surface area contributed by atoms with Gasteiger partial charge in [-0.1, -0.05) is 11.6 Å². The van der Waals surface area contributed by atoms with Gasteiger partial charge in [-0.15, -0.1) is 0 Å². The summed E-state index contributed by atoms with van der Waals surface area (Å²) >= 11 is 5.78. The quantitative estimate of drug-likeness (QED) is 0.828. The van der Waals surface area contributed by atoms with Crippen LogP contribution in [0.2, 0.25) is 5.02 Å². The highest BCUT2D eigenvalue weighted by Gasteiger charge is 2.11. The Bertz CT molecular complexity index is 587. The molecule has 4 nitrogen and oxygen atoms in total. The SMILES string of the molecule is O=C(O)c1cc(Cl)ccc1OCCCc1ccncc1. The van der Waals surface area contributed by atoms with Gasteiger partial charge in [0.15, 0.2) is 0 Å². The van der Waals surface area contributed by atoms with E-state index in [1.54, 1.807) is 24.5 Å². The van der Waals surface area contributed by atoms with Crippen molar-refractivity contribution in [1.29, 1.82) is 0 Å². The Morgan fingerprint density at radius 3 is 2.70 bits per heavy atom.